The topological polar surface area (TPSA) is 58.2 Å². The Morgan fingerprint density at radius 3 is 2.47 bits per heavy atom. The first-order valence-corrected chi connectivity index (χ1v) is 6.32. The van der Waals surface area contributed by atoms with Gasteiger partial charge >= 0.3 is 0 Å². The number of carbonyl (C=O) groups excluding carboxylic acids is 2. The lowest BCUT2D eigenvalue weighted by molar-refractivity contribution is -0.134. The highest BCUT2D eigenvalue weighted by Crippen LogP contribution is 2.46. The van der Waals surface area contributed by atoms with Crippen LogP contribution in [0.1, 0.15) is 26.7 Å². The molecule has 0 saturated heterocycles. The van der Waals surface area contributed by atoms with Gasteiger partial charge in [0.15, 0.2) is 0 Å². The number of anilines is 1. The maximum absolute atomic E-state index is 13.0. The lowest BCUT2D eigenvalue weighted by atomic mass is 10.0. The van der Waals surface area contributed by atoms with Crippen molar-refractivity contribution in [3.05, 3.63) is 30.1 Å². The van der Waals surface area contributed by atoms with E-state index in [-0.39, 0.29) is 17.9 Å². The van der Waals surface area contributed by atoms with Gasteiger partial charge in [-0.05, 0) is 44.9 Å². The molecule has 1 aliphatic carbocycles. The normalized spacial score (nSPS) is 16.0. The fraction of sp³-hybridized carbons (Fsp3) is 0.429. The smallest absolute Gasteiger partial charge is 0.240 e. The Hall–Kier alpha value is -1.91. The van der Waals surface area contributed by atoms with E-state index in [1.54, 1.807) is 6.07 Å². The second-order valence-electron chi connectivity index (χ2n) is 5.17. The van der Waals surface area contributed by atoms with Crippen molar-refractivity contribution in [2.24, 2.45) is 5.41 Å². The Kier molecular flexibility index (Phi) is 3.55. The third-order valence-electron chi connectivity index (χ3n) is 3.12. The largest absolute Gasteiger partial charge is 0.353 e. The minimum Gasteiger partial charge on any atom is -0.353 e. The van der Waals surface area contributed by atoms with Gasteiger partial charge in [-0.3, -0.25) is 9.59 Å². The molecule has 19 heavy (non-hydrogen) atoms. The standard InChI is InChI=1S/C14H17FN2O2/c1-9(2)16-12(18)14(6-7-14)13(19)17-11-5-3-4-10(15)8-11/h3-5,8-9H,6-7H2,1-2H3,(H,16,18)(H,17,19). The average molecular weight is 264 g/mol. The molecule has 102 valence electrons. The molecule has 0 aromatic heterocycles. The van der Waals surface area contributed by atoms with Crippen molar-refractivity contribution in [1.82, 2.24) is 5.32 Å². The molecule has 0 heterocycles. The summed E-state index contributed by atoms with van der Waals surface area (Å²) in [6.07, 6.45) is 1.07. The van der Waals surface area contributed by atoms with Crippen molar-refractivity contribution in [3.8, 4) is 0 Å². The maximum Gasteiger partial charge on any atom is 0.240 e. The molecular weight excluding hydrogens is 247 g/mol. The highest BCUT2D eigenvalue weighted by atomic mass is 19.1. The van der Waals surface area contributed by atoms with E-state index < -0.39 is 11.2 Å². The number of rotatable bonds is 4. The second kappa shape index (κ2) is 4.99. The maximum atomic E-state index is 13.0. The molecule has 0 aliphatic heterocycles. The summed E-state index contributed by atoms with van der Waals surface area (Å²) in [5.41, 5.74) is -0.607. The number of carbonyl (C=O) groups is 2. The van der Waals surface area contributed by atoms with Crippen LogP contribution in [0.3, 0.4) is 0 Å². The number of hydrogen-bond donors (Lipinski definition) is 2. The third-order valence-corrected chi connectivity index (χ3v) is 3.12. The van der Waals surface area contributed by atoms with E-state index in [4.69, 9.17) is 0 Å². The van der Waals surface area contributed by atoms with Crippen LogP contribution in [0.25, 0.3) is 0 Å². The number of halogens is 1. The monoisotopic (exact) mass is 264 g/mol. The first-order valence-electron chi connectivity index (χ1n) is 6.32. The molecule has 0 radical (unpaired) electrons. The lowest BCUT2D eigenvalue weighted by Crippen LogP contribution is -2.42. The molecule has 1 fully saturated rings. The summed E-state index contributed by atoms with van der Waals surface area (Å²) in [6, 6.07) is 5.63. The van der Waals surface area contributed by atoms with E-state index in [0.29, 0.717) is 18.5 Å². The third kappa shape index (κ3) is 2.92. The Morgan fingerprint density at radius 2 is 1.95 bits per heavy atom. The predicted molar refractivity (Wildman–Crippen MR) is 70.0 cm³/mol. The number of amides is 2. The van der Waals surface area contributed by atoms with Crippen LogP contribution in [0.4, 0.5) is 10.1 Å². The van der Waals surface area contributed by atoms with Crippen molar-refractivity contribution in [1.29, 1.82) is 0 Å². The molecular formula is C14H17FN2O2. The molecule has 1 saturated carbocycles. The van der Waals surface area contributed by atoms with Gasteiger partial charge in [0, 0.05) is 11.7 Å². The van der Waals surface area contributed by atoms with Crippen LogP contribution in [0.5, 0.6) is 0 Å². The predicted octanol–water partition coefficient (Wildman–Crippen LogP) is 2.07. The van der Waals surface area contributed by atoms with E-state index in [1.165, 1.54) is 18.2 Å². The SMILES string of the molecule is CC(C)NC(=O)C1(C(=O)Nc2cccc(F)c2)CC1. The molecule has 4 nitrogen and oxygen atoms in total. The average Bonchev–Trinajstić information content (AvgIpc) is 3.08. The van der Waals surface area contributed by atoms with Gasteiger partial charge in [0.2, 0.25) is 11.8 Å². The van der Waals surface area contributed by atoms with Gasteiger partial charge in [0.05, 0.1) is 0 Å². The van der Waals surface area contributed by atoms with Crippen LogP contribution in [0.2, 0.25) is 0 Å². The van der Waals surface area contributed by atoms with Crippen molar-refractivity contribution >= 4 is 17.5 Å². The summed E-state index contributed by atoms with van der Waals surface area (Å²) < 4.78 is 13.0. The first-order chi connectivity index (χ1) is 8.94. The quantitative estimate of drug-likeness (QED) is 0.818. The molecule has 0 spiro atoms. The molecule has 5 heteroatoms. The van der Waals surface area contributed by atoms with Gasteiger partial charge in [0.1, 0.15) is 11.2 Å². The zero-order chi connectivity index (χ0) is 14.0. The summed E-state index contributed by atoms with van der Waals surface area (Å²) in [5.74, 6) is -1.04. The van der Waals surface area contributed by atoms with Gasteiger partial charge in [-0.25, -0.2) is 4.39 Å². The summed E-state index contributed by atoms with van der Waals surface area (Å²) in [4.78, 5) is 24.1. The van der Waals surface area contributed by atoms with Gasteiger partial charge < -0.3 is 10.6 Å². The van der Waals surface area contributed by atoms with Crippen LogP contribution in [0, 0.1) is 11.2 Å². The van der Waals surface area contributed by atoms with Crippen LogP contribution in [-0.2, 0) is 9.59 Å². The second-order valence-corrected chi connectivity index (χ2v) is 5.17. The van der Waals surface area contributed by atoms with E-state index >= 15 is 0 Å². The number of nitrogens with one attached hydrogen (secondary N) is 2. The Balaban J connectivity index is 2.06. The molecule has 2 rings (SSSR count). The van der Waals surface area contributed by atoms with Crippen molar-refractivity contribution in [2.45, 2.75) is 32.7 Å². The zero-order valence-corrected chi connectivity index (χ0v) is 11.0. The van der Waals surface area contributed by atoms with E-state index in [0.717, 1.165) is 0 Å². The van der Waals surface area contributed by atoms with Gasteiger partial charge in [0.25, 0.3) is 0 Å². The van der Waals surface area contributed by atoms with Gasteiger partial charge in [-0.15, -0.1) is 0 Å². The van der Waals surface area contributed by atoms with Crippen molar-refractivity contribution in [2.75, 3.05) is 5.32 Å². The molecule has 2 amide bonds. The van der Waals surface area contributed by atoms with E-state index in [2.05, 4.69) is 10.6 Å². The zero-order valence-electron chi connectivity index (χ0n) is 11.0. The molecule has 1 aromatic carbocycles. The van der Waals surface area contributed by atoms with Gasteiger partial charge in [-0.1, -0.05) is 6.07 Å². The van der Waals surface area contributed by atoms with E-state index in [1.807, 2.05) is 13.8 Å². The van der Waals surface area contributed by atoms with Crippen LogP contribution >= 0.6 is 0 Å². The van der Waals surface area contributed by atoms with E-state index in [9.17, 15) is 14.0 Å². The Labute approximate surface area is 111 Å². The van der Waals surface area contributed by atoms with Crippen molar-refractivity contribution in [3.63, 3.8) is 0 Å². The first kappa shape index (κ1) is 13.5. The molecule has 0 bridgehead atoms. The Bertz CT molecular complexity index is 510. The summed E-state index contributed by atoms with van der Waals surface area (Å²) in [6.45, 7) is 3.69. The Morgan fingerprint density at radius 1 is 1.26 bits per heavy atom. The summed E-state index contributed by atoms with van der Waals surface area (Å²) in [7, 11) is 0. The number of hydrogen-bond acceptors (Lipinski definition) is 2. The highest BCUT2D eigenvalue weighted by Gasteiger charge is 2.56. The van der Waals surface area contributed by atoms with Crippen LogP contribution in [-0.4, -0.2) is 17.9 Å². The molecule has 1 aliphatic rings. The lowest BCUT2D eigenvalue weighted by Gasteiger charge is -2.17. The summed E-state index contributed by atoms with van der Waals surface area (Å²) in [5, 5.41) is 5.35. The fourth-order valence-corrected chi connectivity index (χ4v) is 1.90. The molecule has 0 atom stereocenters. The highest BCUT2D eigenvalue weighted by molar-refractivity contribution is 6.13. The van der Waals surface area contributed by atoms with Gasteiger partial charge in [-0.2, -0.15) is 0 Å². The van der Waals surface area contributed by atoms with Crippen molar-refractivity contribution < 1.29 is 14.0 Å². The number of benzene rings is 1. The minimum absolute atomic E-state index is 0.00746. The molecule has 2 N–H and O–H groups in total. The summed E-state index contributed by atoms with van der Waals surface area (Å²) >= 11 is 0. The molecule has 1 aromatic rings. The van der Waals surface area contributed by atoms with Crippen LogP contribution < -0.4 is 10.6 Å². The van der Waals surface area contributed by atoms with Crippen LogP contribution in [0.15, 0.2) is 24.3 Å². The molecule has 0 unspecified atom stereocenters. The minimum atomic E-state index is -0.976. The fourth-order valence-electron chi connectivity index (χ4n) is 1.90.